The van der Waals surface area contributed by atoms with Crippen molar-refractivity contribution in [2.75, 3.05) is 32.7 Å². The highest BCUT2D eigenvalue weighted by Crippen LogP contribution is 2.64. The zero-order valence-corrected chi connectivity index (χ0v) is 20.4. The van der Waals surface area contributed by atoms with Crippen LogP contribution in [0.3, 0.4) is 0 Å². The molecule has 32 heavy (non-hydrogen) atoms. The van der Waals surface area contributed by atoms with Crippen molar-refractivity contribution in [2.24, 2.45) is 46.8 Å². The van der Waals surface area contributed by atoms with Gasteiger partial charge in [0, 0.05) is 39.0 Å². The topological polar surface area (TPSA) is 40.6 Å². The number of fused-ring (bicyclic) bond motifs is 5. The van der Waals surface area contributed by atoms with E-state index in [9.17, 15) is 9.59 Å². The second kappa shape index (κ2) is 8.67. The first-order chi connectivity index (χ1) is 15.3. The molecule has 4 aliphatic carbocycles. The third-order valence-corrected chi connectivity index (χ3v) is 10.8. The van der Waals surface area contributed by atoms with Gasteiger partial charge in [-0.3, -0.25) is 14.5 Å². The van der Waals surface area contributed by atoms with Crippen molar-refractivity contribution in [3.63, 3.8) is 0 Å². The fourth-order valence-electron chi connectivity index (χ4n) is 9.10. The number of rotatable bonds is 3. The lowest BCUT2D eigenvalue weighted by molar-refractivity contribution is -0.135. The summed E-state index contributed by atoms with van der Waals surface area (Å²) in [5, 5.41) is 0. The molecule has 0 aromatic rings. The molecule has 0 radical (unpaired) electrons. The molecule has 0 spiro atoms. The molecule has 1 heterocycles. The highest BCUT2D eigenvalue weighted by Gasteiger charge is 2.59. The number of piperazine rings is 1. The number of carbonyl (C=O) groups is 2. The summed E-state index contributed by atoms with van der Waals surface area (Å²) in [6, 6.07) is 0. The van der Waals surface area contributed by atoms with Crippen LogP contribution in [0, 0.1) is 46.8 Å². The third-order valence-electron chi connectivity index (χ3n) is 10.8. The molecule has 5 rings (SSSR count). The maximum atomic E-state index is 15.4. The van der Waals surface area contributed by atoms with Gasteiger partial charge >= 0.3 is 0 Å². The molecule has 4 saturated carbocycles. The maximum Gasteiger partial charge on any atom is 0.219 e. The number of halogens is 1. The summed E-state index contributed by atoms with van der Waals surface area (Å²) in [5.74, 6) is 3.99. The highest BCUT2D eigenvalue weighted by atomic mass is 19.1. The Kier molecular flexibility index (Phi) is 6.18. The van der Waals surface area contributed by atoms with Crippen molar-refractivity contribution in [2.45, 2.75) is 78.3 Å². The minimum atomic E-state index is -0.626. The molecule has 5 heteroatoms. The molecule has 5 aliphatic rings. The summed E-state index contributed by atoms with van der Waals surface area (Å²) in [6.45, 7) is 9.90. The molecule has 0 aromatic heterocycles. The van der Waals surface area contributed by atoms with E-state index in [2.05, 4.69) is 18.7 Å². The van der Waals surface area contributed by atoms with Crippen molar-refractivity contribution in [1.29, 1.82) is 0 Å². The van der Waals surface area contributed by atoms with Crippen molar-refractivity contribution in [3.05, 3.63) is 0 Å². The van der Waals surface area contributed by atoms with Crippen LogP contribution in [-0.2, 0) is 9.59 Å². The van der Waals surface area contributed by atoms with E-state index in [0.717, 1.165) is 58.3 Å². The average molecular weight is 447 g/mol. The number of hydrogen-bond acceptors (Lipinski definition) is 3. The maximum absolute atomic E-state index is 15.4. The van der Waals surface area contributed by atoms with Crippen LogP contribution in [0.15, 0.2) is 0 Å². The van der Waals surface area contributed by atoms with Crippen molar-refractivity contribution < 1.29 is 14.0 Å². The molecule has 1 amide bonds. The van der Waals surface area contributed by atoms with Crippen LogP contribution in [0.1, 0.15) is 72.1 Å². The molecule has 180 valence electrons. The monoisotopic (exact) mass is 446 g/mol. The fourth-order valence-corrected chi connectivity index (χ4v) is 9.10. The van der Waals surface area contributed by atoms with Gasteiger partial charge in [0.25, 0.3) is 0 Å². The quantitative estimate of drug-likeness (QED) is 0.638. The van der Waals surface area contributed by atoms with E-state index in [0.29, 0.717) is 47.8 Å². The number of Topliss-reactive ketones (excluding diaryl/α,β-unsaturated/α-hetero) is 1. The highest BCUT2D eigenvalue weighted by molar-refractivity contribution is 5.84. The van der Waals surface area contributed by atoms with E-state index in [1.807, 2.05) is 4.90 Å². The van der Waals surface area contributed by atoms with Crippen molar-refractivity contribution in [3.8, 4) is 0 Å². The summed E-state index contributed by atoms with van der Waals surface area (Å²) < 4.78 is 15.4. The van der Waals surface area contributed by atoms with Gasteiger partial charge in [0.1, 0.15) is 12.0 Å². The Morgan fingerprint density at radius 2 is 1.62 bits per heavy atom. The normalized spacial score (nSPS) is 46.8. The standard InChI is InChI=1S/C27H43FN2O2/c1-17-4-5-19-20-8-9-27(3)23(21(20)15-25(28)22(19)14-17)6-7-24(27)26(32)16-29-10-12-30(13-11-29)18(2)31/h17,19-25H,4-16H2,1-3H3. The van der Waals surface area contributed by atoms with Gasteiger partial charge in [0.2, 0.25) is 5.91 Å². The number of ketones is 1. The second-order valence-electron chi connectivity index (χ2n) is 12.4. The Labute approximate surface area is 193 Å². The number of alkyl halides is 1. The average Bonchev–Trinajstić information content (AvgIpc) is 3.12. The zero-order chi connectivity index (χ0) is 22.6. The van der Waals surface area contributed by atoms with E-state index in [-0.39, 0.29) is 17.2 Å². The molecule has 1 aliphatic heterocycles. The Morgan fingerprint density at radius 1 is 0.906 bits per heavy atom. The van der Waals surface area contributed by atoms with Gasteiger partial charge in [-0.2, -0.15) is 0 Å². The van der Waals surface area contributed by atoms with Crippen LogP contribution in [0.4, 0.5) is 4.39 Å². The van der Waals surface area contributed by atoms with Crippen molar-refractivity contribution in [1.82, 2.24) is 9.80 Å². The molecular formula is C27H43FN2O2. The zero-order valence-electron chi connectivity index (χ0n) is 20.4. The number of carbonyl (C=O) groups excluding carboxylic acids is 2. The minimum absolute atomic E-state index is 0.0635. The molecule has 4 nitrogen and oxygen atoms in total. The van der Waals surface area contributed by atoms with Crippen LogP contribution in [0.25, 0.3) is 0 Å². The molecule has 9 unspecified atom stereocenters. The van der Waals surface area contributed by atoms with E-state index in [1.165, 1.54) is 19.3 Å². The predicted molar refractivity (Wildman–Crippen MR) is 124 cm³/mol. The molecule has 0 bridgehead atoms. The molecule has 1 saturated heterocycles. The first-order valence-corrected chi connectivity index (χ1v) is 13.4. The van der Waals surface area contributed by atoms with E-state index < -0.39 is 6.17 Å². The van der Waals surface area contributed by atoms with Crippen LogP contribution < -0.4 is 0 Å². The summed E-state index contributed by atoms with van der Waals surface area (Å²) in [7, 11) is 0. The first-order valence-electron chi connectivity index (χ1n) is 13.4. The second-order valence-corrected chi connectivity index (χ2v) is 12.4. The van der Waals surface area contributed by atoms with Gasteiger partial charge in [-0.25, -0.2) is 4.39 Å². The van der Waals surface area contributed by atoms with Crippen LogP contribution in [0.2, 0.25) is 0 Å². The van der Waals surface area contributed by atoms with Gasteiger partial charge in [0.05, 0.1) is 6.54 Å². The SMILES string of the molecule is CC(=O)N1CCN(CC(=O)C2CCC3C4CC(F)C5CC(C)CCC5C4CCC23C)CC1. The van der Waals surface area contributed by atoms with E-state index in [4.69, 9.17) is 0 Å². The molecular weight excluding hydrogens is 403 g/mol. The van der Waals surface area contributed by atoms with E-state index >= 15 is 4.39 Å². The van der Waals surface area contributed by atoms with E-state index in [1.54, 1.807) is 6.92 Å². The lowest BCUT2D eigenvalue weighted by Gasteiger charge is -2.57. The number of nitrogens with zero attached hydrogens (tertiary/aromatic N) is 2. The fraction of sp³-hybridized carbons (Fsp3) is 0.926. The van der Waals surface area contributed by atoms with Gasteiger partial charge < -0.3 is 4.90 Å². The Morgan fingerprint density at radius 3 is 2.34 bits per heavy atom. The summed E-state index contributed by atoms with van der Waals surface area (Å²) in [6.07, 6.45) is 8.21. The van der Waals surface area contributed by atoms with Gasteiger partial charge in [-0.15, -0.1) is 0 Å². The number of hydrogen-bond donors (Lipinski definition) is 0. The largest absolute Gasteiger partial charge is 0.340 e. The van der Waals surface area contributed by atoms with Crippen molar-refractivity contribution >= 4 is 11.7 Å². The third kappa shape index (κ3) is 3.84. The summed E-state index contributed by atoms with van der Waals surface area (Å²) >= 11 is 0. The number of amides is 1. The predicted octanol–water partition coefficient (Wildman–Crippen LogP) is 4.57. The van der Waals surface area contributed by atoms with Gasteiger partial charge in [0.15, 0.2) is 0 Å². The van der Waals surface area contributed by atoms with Gasteiger partial charge in [-0.1, -0.05) is 20.3 Å². The van der Waals surface area contributed by atoms with Crippen LogP contribution in [0.5, 0.6) is 0 Å². The smallest absolute Gasteiger partial charge is 0.219 e. The lowest BCUT2D eigenvalue weighted by atomic mass is 9.49. The Bertz CT molecular complexity index is 735. The van der Waals surface area contributed by atoms with Crippen LogP contribution >= 0.6 is 0 Å². The summed E-state index contributed by atoms with van der Waals surface area (Å²) in [5.41, 5.74) is 0.0635. The lowest BCUT2D eigenvalue weighted by Crippen LogP contribution is -2.53. The first kappa shape index (κ1) is 22.8. The Hall–Kier alpha value is -0.970. The minimum Gasteiger partial charge on any atom is -0.340 e. The molecule has 0 N–H and O–H groups in total. The van der Waals surface area contributed by atoms with Crippen LogP contribution in [-0.4, -0.2) is 60.4 Å². The summed E-state index contributed by atoms with van der Waals surface area (Å²) in [4.78, 5) is 29.2. The molecule has 0 aromatic carbocycles. The Balaban J connectivity index is 1.25. The van der Waals surface area contributed by atoms with Gasteiger partial charge in [-0.05, 0) is 85.9 Å². The molecule has 9 atom stereocenters. The molecule has 5 fully saturated rings.